The summed E-state index contributed by atoms with van der Waals surface area (Å²) in [7, 11) is 1.17. The third-order valence-electron chi connectivity index (χ3n) is 14.2. The topological polar surface area (TPSA) is 111 Å². The van der Waals surface area contributed by atoms with Gasteiger partial charge >= 0.3 is 11.9 Å². The minimum absolute atomic E-state index is 0.0327. The standard InChI is InChI=1S/C68H124NO8P/c1-6-8-10-12-14-16-18-20-22-24-26-28-30-32-33-34-35-37-39-41-43-45-47-49-51-53-55-57-59-61-68(71)77-66(65-76-78(72,73)75-63-62-69(3,4)5)64-74-67(70)60-58-56-54-52-50-48-46-44-42-40-38-36-31-29-27-25-23-21-19-17-15-13-11-9-7-2/h8,10,14,16,20,22,26,28,32-33,35,37,66H,6-7,9,11-13,15,17-19,21,23-25,27,29-31,34,36,38-65H2,1-5H3/b10-8-,16-14-,22-20-,28-26-,33-32-,37-35-. The molecule has 0 saturated carbocycles. The van der Waals surface area contributed by atoms with E-state index in [-0.39, 0.29) is 32.0 Å². The first-order valence-corrected chi connectivity index (χ1v) is 34.1. The molecule has 0 aliphatic rings. The van der Waals surface area contributed by atoms with Crippen LogP contribution in [0.5, 0.6) is 0 Å². The van der Waals surface area contributed by atoms with Gasteiger partial charge in [0.2, 0.25) is 0 Å². The van der Waals surface area contributed by atoms with Crippen molar-refractivity contribution in [3.63, 3.8) is 0 Å². The number of quaternary nitrogens is 1. The summed E-state index contributed by atoms with van der Waals surface area (Å²) in [5, 5.41) is 0. The first kappa shape index (κ1) is 75.5. The summed E-state index contributed by atoms with van der Waals surface area (Å²) >= 11 is 0. The van der Waals surface area contributed by atoms with Crippen LogP contribution in [0.4, 0.5) is 0 Å². The van der Waals surface area contributed by atoms with Crippen molar-refractivity contribution in [2.24, 2.45) is 0 Å². The summed E-state index contributed by atoms with van der Waals surface area (Å²) in [6, 6.07) is 0. The van der Waals surface area contributed by atoms with Crippen LogP contribution in [0.1, 0.15) is 296 Å². The van der Waals surface area contributed by atoms with E-state index in [1.807, 2.05) is 21.1 Å². The maximum Gasteiger partial charge on any atom is 0.306 e. The number of phosphoric ester groups is 1. The molecule has 10 heteroatoms. The van der Waals surface area contributed by atoms with Crippen molar-refractivity contribution in [3.05, 3.63) is 72.9 Å². The van der Waals surface area contributed by atoms with E-state index in [0.29, 0.717) is 17.4 Å². The fraction of sp³-hybridized carbons (Fsp3) is 0.794. The quantitative estimate of drug-likeness (QED) is 0.0195. The van der Waals surface area contributed by atoms with Crippen LogP contribution in [-0.4, -0.2) is 70.0 Å². The van der Waals surface area contributed by atoms with Crippen LogP contribution in [0.25, 0.3) is 0 Å². The van der Waals surface area contributed by atoms with Crippen LogP contribution in [0.2, 0.25) is 0 Å². The molecule has 0 saturated heterocycles. The summed E-state index contributed by atoms with van der Waals surface area (Å²) in [4.78, 5) is 38.0. The molecule has 0 aromatic carbocycles. The van der Waals surface area contributed by atoms with Crippen molar-refractivity contribution < 1.29 is 42.1 Å². The van der Waals surface area contributed by atoms with Crippen molar-refractivity contribution in [2.75, 3.05) is 47.5 Å². The Morgan fingerprint density at radius 2 is 0.731 bits per heavy atom. The minimum atomic E-state index is -4.64. The maximum absolute atomic E-state index is 12.8. The zero-order chi connectivity index (χ0) is 57.0. The van der Waals surface area contributed by atoms with Crippen molar-refractivity contribution in [1.82, 2.24) is 0 Å². The number of rotatable bonds is 60. The number of hydrogen-bond donors (Lipinski definition) is 0. The second-order valence-corrected chi connectivity index (χ2v) is 24.5. The maximum atomic E-state index is 12.8. The van der Waals surface area contributed by atoms with Gasteiger partial charge in [-0.05, 0) is 64.2 Å². The number of ether oxygens (including phenoxy) is 2. The number of likely N-dealkylation sites (N-methyl/N-ethyl adjacent to an activating group) is 1. The predicted octanol–water partition coefficient (Wildman–Crippen LogP) is 20.2. The highest BCUT2D eigenvalue weighted by Gasteiger charge is 2.22. The van der Waals surface area contributed by atoms with Gasteiger partial charge in [-0.25, -0.2) is 0 Å². The zero-order valence-electron chi connectivity index (χ0n) is 51.6. The van der Waals surface area contributed by atoms with Gasteiger partial charge in [-0.15, -0.1) is 0 Å². The molecule has 2 unspecified atom stereocenters. The fourth-order valence-corrected chi connectivity index (χ4v) is 9.98. The number of phosphoric acid groups is 1. The fourth-order valence-electron chi connectivity index (χ4n) is 9.25. The lowest BCUT2D eigenvalue weighted by atomic mass is 10.0. The Balaban J connectivity index is 4.10. The largest absolute Gasteiger partial charge is 0.756 e. The van der Waals surface area contributed by atoms with Crippen LogP contribution >= 0.6 is 7.82 Å². The van der Waals surface area contributed by atoms with Crippen LogP contribution < -0.4 is 4.89 Å². The lowest BCUT2D eigenvalue weighted by Crippen LogP contribution is -2.37. The molecule has 0 N–H and O–H groups in total. The van der Waals surface area contributed by atoms with Gasteiger partial charge in [0.15, 0.2) is 6.10 Å². The highest BCUT2D eigenvalue weighted by Crippen LogP contribution is 2.38. The molecular weight excluding hydrogens is 990 g/mol. The van der Waals surface area contributed by atoms with Crippen LogP contribution in [0, 0.1) is 0 Å². The van der Waals surface area contributed by atoms with E-state index >= 15 is 0 Å². The van der Waals surface area contributed by atoms with Gasteiger partial charge in [0.25, 0.3) is 7.82 Å². The highest BCUT2D eigenvalue weighted by molar-refractivity contribution is 7.45. The molecule has 0 radical (unpaired) electrons. The Hall–Kier alpha value is -2.55. The van der Waals surface area contributed by atoms with Crippen LogP contribution in [0.3, 0.4) is 0 Å². The van der Waals surface area contributed by atoms with E-state index in [4.69, 9.17) is 18.5 Å². The molecule has 0 aliphatic carbocycles. The normalized spacial score (nSPS) is 13.7. The third-order valence-corrected chi connectivity index (χ3v) is 15.2. The zero-order valence-corrected chi connectivity index (χ0v) is 52.5. The van der Waals surface area contributed by atoms with Gasteiger partial charge in [0.05, 0.1) is 27.7 Å². The third kappa shape index (κ3) is 62.6. The van der Waals surface area contributed by atoms with E-state index in [0.717, 1.165) is 83.5 Å². The molecule has 0 spiro atoms. The van der Waals surface area contributed by atoms with Gasteiger partial charge in [-0.3, -0.25) is 14.2 Å². The Bertz CT molecular complexity index is 1550. The monoisotopic (exact) mass is 1110 g/mol. The molecule has 0 heterocycles. The summed E-state index contributed by atoms with van der Waals surface area (Å²) in [6.07, 6.45) is 78.2. The summed E-state index contributed by atoms with van der Waals surface area (Å²) < 4.78 is 34.3. The lowest BCUT2D eigenvalue weighted by Gasteiger charge is -2.28. The molecule has 2 atom stereocenters. The minimum Gasteiger partial charge on any atom is -0.756 e. The van der Waals surface area contributed by atoms with Crippen LogP contribution in [0.15, 0.2) is 72.9 Å². The van der Waals surface area contributed by atoms with Gasteiger partial charge in [0.1, 0.15) is 19.8 Å². The molecule has 454 valence electrons. The van der Waals surface area contributed by atoms with Crippen molar-refractivity contribution in [3.8, 4) is 0 Å². The first-order valence-electron chi connectivity index (χ1n) is 32.6. The molecular formula is C68H124NO8P. The van der Waals surface area contributed by atoms with Crippen molar-refractivity contribution in [1.29, 1.82) is 0 Å². The summed E-state index contributed by atoms with van der Waals surface area (Å²) in [5.41, 5.74) is 0. The van der Waals surface area contributed by atoms with E-state index in [1.54, 1.807) is 0 Å². The average Bonchev–Trinajstić information content (AvgIpc) is 3.41. The van der Waals surface area contributed by atoms with Gasteiger partial charge in [0, 0.05) is 12.8 Å². The Labute approximate surface area is 482 Å². The van der Waals surface area contributed by atoms with Crippen LogP contribution in [-0.2, 0) is 32.7 Å². The van der Waals surface area contributed by atoms with Gasteiger partial charge in [-0.1, -0.05) is 292 Å². The first-order chi connectivity index (χ1) is 38.0. The van der Waals surface area contributed by atoms with E-state index in [1.165, 1.54) is 180 Å². The number of carbonyl (C=O) groups is 2. The lowest BCUT2D eigenvalue weighted by molar-refractivity contribution is -0.870. The number of carbonyl (C=O) groups excluding carboxylic acids is 2. The van der Waals surface area contributed by atoms with Gasteiger partial charge < -0.3 is 27.9 Å². The van der Waals surface area contributed by atoms with E-state index < -0.39 is 26.5 Å². The number of allylic oxidation sites excluding steroid dienone is 12. The van der Waals surface area contributed by atoms with Crippen molar-refractivity contribution >= 4 is 19.8 Å². The van der Waals surface area contributed by atoms with E-state index in [2.05, 4.69) is 86.8 Å². The molecule has 0 aliphatic heterocycles. The molecule has 0 aromatic heterocycles. The second-order valence-electron chi connectivity index (χ2n) is 23.1. The van der Waals surface area contributed by atoms with E-state index in [9.17, 15) is 19.0 Å². The number of hydrogen-bond acceptors (Lipinski definition) is 8. The molecule has 0 rings (SSSR count). The molecule has 0 aromatic rings. The number of esters is 2. The predicted molar refractivity (Wildman–Crippen MR) is 333 cm³/mol. The molecule has 9 nitrogen and oxygen atoms in total. The molecule has 0 amide bonds. The highest BCUT2D eigenvalue weighted by atomic mass is 31.2. The second kappa shape index (κ2) is 59.1. The molecule has 0 fully saturated rings. The number of nitrogens with zero attached hydrogens (tertiary/aromatic N) is 1. The Morgan fingerprint density at radius 1 is 0.410 bits per heavy atom. The Morgan fingerprint density at radius 3 is 1.09 bits per heavy atom. The molecule has 78 heavy (non-hydrogen) atoms. The smallest absolute Gasteiger partial charge is 0.306 e. The molecule has 0 bridgehead atoms. The average molecular weight is 1110 g/mol. The van der Waals surface area contributed by atoms with Gasteiger partial charge in [-0.2, -0.15) is 0 Å². The Kier molecular flexibility index (Phi) is 57.2. The SMILES string of the molecule is CC/C=C\C/C=C\C/C=C\C/C=C\C/C=C\C/C=C\CCCCCCCCCCCCC(=O)OC(COC(=O)CCCCCCCCCCCCCCCCCCCCCCCCCCC)COP(=O)([O-])OCC[N+](C)(C)C. The summed E-state index contributed by atoms with van der Waals surface area (Å²) in [6.45, 7) is 4.16. The number of unbranched alkanes of at least 4 members (excludes halogenated alkanes) is 34. The van der Waals surface area contributed by atoms with Crippen molar-refractivity contribution in [2.45, 2.75) is 302 Å². The summed E-state index contributed by atoms with van der Waals surface area (Å²) in [5.74, 6) is -0.828.